The lowest BCUT2D eigenvalue weighted by Gasteiger charge is -2.05. The number of nitrogens with one attached hydrogen (secondary N) is 1. The SMILES string of the molecule is Fc1cc(Nc2ccc(F)c(Cl)c2)ncn1. The smallest absolute Gasteiger partial charge is 0.218 e. The first-order valence-electron chi connectivity index (χ1n) is 4.35. The van der Waals surface area contributed by atoms with Gasteiger partial charge in [0.1, 0.15) is 18.0 Å². The van der Waals surface area contributed by atoms with Crippen molar-refractivity contribution >= 4 is 23.1 Å². The molecule has 0 fully saturated rings. The second-order valence-electron chi connectivity index (χ2n) is 2.98. The Morgan fingerprint density at radius 2 is 1.94 bits per heavy atom. The number of anilines is 2. The van der Waals surface area contributed by atoms with Crippen LogP contribution in [0.15, 0.2) is 30.6 Å². The fraction of sp³-hybridized carbons (Fsp3) is 0. The van der Waals surface area contributed by atoms with Crippen LogP contribution >= 0.6 is 11.6 Å². The lowest BCUT2D eigenvalue weighted by atomic mass is 10.3. The third-order valence-electron chi connectivity index (χ3n) is 1.83. The fourth-order valence-corrected chi connectivity index (χ4v) is 1.30. The van der Waals surface area contributed by atoms with Gasteiger partial charge in [0, 0.05) is 11.8 Å². The predicted octanol–water partition coefficient (Wildman–Crippen LogP) is 3.15. The van der Waals surface area contributed by atoms with Crippen LogP contribution in [0.5, 0.6) is 0 Å². The van der Waals surface area contributed by atoms with Crippen molar-refractivity contribution in [3.63, 3.8) is 0 Å². The minimum absolute atomic E-state index is 0.0143. The van der Waals surface area contributed by atoms with Gasteiger partial charge in [-0.2, -0.15) is 4.39 Å². The number of halogens is 3. The average Bonchev–Trinajstić information content (AvgIpc) is 2.24. The van der Waals surface area contributed by atoms with Gasteiger partial charge in [0.2, 0.25) is 5.95 Å². The summed E-state index contributed by atoms with van der Waals surface area (Å²) in [7, 11) is 0. The van der Waals surface area contributed by atoms with Crippen LogP contribution in [0.3, 0.4) is 0 Å². The highest BCUT2D eigenvalue weighted by Gasteiger charge is 2.02. The molecule has 16 heavy (non-hydrogen) atoms. The van der Waals surface area contributed by atoms with E-state index in [-0.39, 0.29) is 10.8 Å². The second kappa shape index (κ2) is 4.40. The van der Waals surface area contributed by atoms with Gasteiger partial charge in [0.15, 0.2) is 0 Å². The van der Waals surface area contributed by atoms with E-state index >= 15 is 0 Å². The highest BCUT2D eigenvalue weighted by molar-refractivity contribution is 6.31. The molecule has 1 heterocycles. The first kappa shape index (κ1) is 10.8. The van der Waals surface area contributed by atoms with Crippen molar-refractivity contribution in [1.82, 2.24) is 9.97 Å². The number of benzene rings is 1. The molecule has 1 aromatic carbocycles. The molecular formula is C10H6ClF2N3. The minimum atomic E-state index is -0.647. The van der Waals surface area contributed by atoms with Crippen molar-refractivity contribution in [3.05, 3.63) is 47.4 Å². The summed E-state index contributed by atoms with van der Waals surface area (Å²) in [5, 5.41) is 2.76. The molecule has 0 aliphatic heterocycles. The molecule has 0 aliphatic carbocycles. The molecular weight excluding hydrogens is 236 g/mol. The molecule has 0 atom stereocenters. The average molecular weight is 242 g/mol. The van der Waals surface area contributed by atoms with Gasteiger partial charge in [-0.05, 0) is 18.2 Å². The summed E-state index contributed by atoms with van der Waals surface area (Å²) in [5.41, 5.74) is 0.518. The van der Waals surface area contributed by atoms with Crippen LogP contribution in [-0.2, 0) is 0 Å². The standard InChI is InChI=1S/C10H6ClF2N3/c11-7-3-6(1-2-8(7)12)16-10-4-9(13)14-5-15-10/h1-5H,(H,14,15,16). The second-order valence-corrected chi connectivity index (χ2v) is 3.39. The number of aromatic nitrogens is 2. The van der Waals surface area contributed by atoms with Crippen LogP contribution in [-0.4, -0.2) is 9.97 Å². The van der Waals surface area contributed by atoms with Crippen LogP contribution in [0.4, 0.5) is 20.3 Å². The molecule has 0 amide bonds. The molecule has 2 rings (SSSR count). The lowest BCUT2D eigenvalue weighted by molar-refractivity contribution is 0.580. The summed E-state index contributed by atoms with van der Waals surface area (Å²) in [4.78, 5) is 7.10. The van der Waals surface area contributed by atoms with E-state index in [1.165, 1.54) is 18.2 Å². The Balaban J connectivity index is 2.24. The fourth-order valence-electron chi connectivity index (χ4n) is 1.12. The van der Waals surface area contributed by atoms with E-state index in [4.69, 9.17) is 11.6 Å². The van der Waals surface area contributed by atoms with Crippen molar-refractivity contribution in [1.29, 1.82) is 0 Å². The van der Waals surface area contributed by atoms with Gasteiger partial charge in [-0.1, -0.05) is 11.6 Å². The molecule has 0 saturated carbocycles. The zero-order chi connectivity index (χ0) is 11.5. The zero-order valence-electron chi connectivity index (χ0n) is 7.92. The summed E-state index contributed by atoms with van der Waals surface area (Å²) < 4.78 is 25.6. The molecule has 0 bridgehead atoms. The van der Waals surface area contributed by atoms with Crippen LogP contribution in [0.2, 0.25) is 5.02 Å². The molecule has 3 nitrogen and oxygen atoms in total. The van der Waals surface area contributed by atoms with E-state index in [0.717, 1.165) is 12.4 Å². The maximum atomic E-state index is 12.9. The van der Waals surface area contributed by atoms with Crippen LogP contribution in [0.25, 0.3) is 0 Å². The molecule has 0 radical (unpaired) electrons. The predicted molar refractivity (Wildman–Crippen MR) is 56.7 cm³/mol. The van der Waals surface area contributed by atoms with E-state index in [2.05, 4.69) is 15.3 Å². The molecule has 1 aromatic heterocycles. The highest BCUT2D eigenvalue weighted by Crippen LogP contribution is 2.21. The van der Waals surface area contributed by atoms with Gasteiger partial charge in [0.05, 0.1) is 5.02 Å². The van der Waals surface area contributed by atoms with E-state index in [0.29, 0.717) is 5.69 Å². The normalized spacial score (nSPS) is 10.2. The third-order valence-corrected chi connectivity index (χ3v) is 2.12. The van der Waals surface area contributed by atoms with Gasteiger partial charge in [0.25, 0.3) is 0 Å². The van der Waals surface area contributed by atoms with E-state index < -0.39 is 11.8 Å². The number of hydrogen-bond donors (Lipinski definition) is 1. The van der Waals surface area contributed by atoms with Gasteiger partial charge < -0.3 is 5.32 Å². The van der Waals surface area contributed by atoms with Gasteiger partial charge in [-0.25, -0.2) is 14.4 Å². The molecule has 0 saturated heterocycles. The molecule has 0 spiro atoms. The summed E-state index contributed by atoms with van der Waals surface area (Å²) >= 11 is 5.59. The van der Waals surface area contributed by atoms with Crippen molar-refractivity contribution in [2.45, 2.75) is 0 Å². The van der Waals surface area contributed by atoms with E-state index in [9.17, 15) is 8.78 Å². The van der Waals surface area contributed by atoms with Crippen molar-refractivity contribution in [2.75, 3.05) is 5.32 Å². The monoisotopic (exact) mass is 241 g/mol. The Labute approximate surface area is 95.1 Å². The van der Waals surface area contributed by atoms with Crippen molar-refractivity contribution < 1.29 is 8.78 Å². The Morgan fingerprint density at radius 1 is 1.12 bits per heavy atom. The van der Waals surface area contributed by atoms with Gasteiger partial charge in [-0.15, -0.1) is 0 Å². The zero-order valence-corrected chi connectivity index (χ0v) is 8.67. The Kier molecular flexibility index (Phi) is 2.96. The molecule has 0 unspecified atom stereocenters. The number of hydrogen-bond acceptors (Lipinski definition) is 3. The highest BCUT2D eigenvalue weighted by atomic mass is 35.5. The van der Waals surface area contributed by atoms with Crippen LogP contribution in [0, 0.1) is 11.8 Å². The Morgan fingerprint density at radius 3 is 2.62 bits per heavy atom. The lowest BCUT2D eigenvalue weighted by Crippen LogP contribution is -1.95. The summed E-state index contributed by atoms with van der Waals surface area (Å²) in [6.45, 7) is 0. The Bertz CT molecular complexity index is 519. The summed E-state index contributed by atoms with van der Waals surface area (Å²) in [6.07, 6.45) is 1.09. The van der Waals surface area contributed by atoms with E-state index in [1.54, 1.807) is 0 Å². The maximum absolute atomic E-state index is 12.9. The summed E-state index contributed by atoms with van der Waals surface area (Å²) in [6, 6.07) is 5.19. The van der Waals surface area contributed by atoms with Crippen molar-refractivity contribution in [3.8, 4) is 0 Å². The first-order valence-corrected chi connectivity index (χ1v) is 4.72. The van der Waals surface area contributed by atoms with Gasteiger partial charge >= 0.3 is 0 Å². The van der Waals surface area contributed by atoms with Crippen LogP contribution < -0.4 is 5.32 Å². The largest absolute Gasteiger partial charge is 0.340 e. The molecule has 82 valence electrons. The van der Waals surface area contributed by atoms with Crippen LogP contribution in [0.1, 0.15) is 0 Å². The Hall–Kier alpha value is -1.75. The quantitative estimate of drug-likeness (QED) is 0.821. The molecule has 1 N–H and O–H groups in total. The van der Waals surface area contributed by atoms with Crippen molar-refractivity contribution in [2.24, 2.45) is 0 Å². The molecule has 6 heteroatoms. The molecule has 0 aliphatic rings. The van der Waals surface area contributed by atoms with Gasteiger partial charge in [-0.3, -0.25) is 0 Å². The molecule has 2 aromatic rings. The number of nitrogens with zero attached hydrogens (tertiary/aromatic N) is 2. The topological polar surface area (TPSA) is 37.8 Å². The first-order chi connectivity index (χ1) is 7.65. The minimum Gasteiger partial charge on any atom is -0.340 e. The summed E-state index contributed by atoms with van der Waals surface area (Å²) in [5.74, 6) is -0.887. The number of rotatable bonds is 2. The third kappa shape index (κ3) is 2.43. The van der Waals surface area contributed by atoms with E-state index in [1.807, 2.05) is 0 Å². The maximum Gasteiger partial charge on any atom is 0.218 e.